The van der Waals surface area contributed by atoms with E-state index in [1.54, 1.807) is 0 Å². The Balaban J connectivity index is 3.83. The van der Waals surface area contributed by atoms with E-state index in [9.17, 15) is 4.57 Å². The summed E-state index contributed by atoms with van der Waals surface area (Å²) >= 11 is 0. The van der Waals surface area contributed by atoms with Crippen molar-refractivity contribution < 1.29 is 28.0 Å². The third kappa shape index (κ3) is 6.44. The Bertz CT molecular complexity index is 189. The Labute approximate surface area is 82.7 Å². The number of phosphoric ester groups is 1. The fourth-order valence-corrected chi connectivity index (χ4v) is 1.30. The average molecular weight is 229 g/mol. The van der Waals surface area contributed by atoms with E-state index >= 15 is 0 Å². The van der Waals surface area contributed by atoms with Crippen LogP contribution in [0.1, 0.15) is 0 Å². The molecule has 0 spiro atoms. The molecule has 0 heterocycles. The third-order valence-electron chi connectivity index (χ3n) is 1.35. The van der Waals surface area contributed by atoms with E-state index in [2.05, 4.69) is 9.05 Å². The maximum absolute atomic E-state index is 11.0. The van der Waals surface area contributed by atoms with Gasteiger partial charge in [-0.2, -0.15) is 0 Å². The first-order chi connectivity index (χ1) is 6.55. The molecule has 0 aromatic rings. The molecule has 2 unspecified atom stereocenters. The Hall–Kier alpha value is -0.0100. The summed E-state index contributed by atoms with van der Waals surface area (Å²) in [6, 6.07) is 0. The molecule has 86 valence electrons. The molecule has 0 amide bonds. The van der Waals surface area contributed by atoms with Crippen molar-refractivity contribution in [2.45, 2.75) is 6.10 Å². The van der Waals surface area contributed by atoms with Crippen molar-refractivity contribution >= 4 is 7.82 Å². The van der Waals surface area contributed by atoms with E-state index < -0.39 is 13.9 Å². The number of phosphoric acid groups is 1. The molecule has 0 aliphatic carbocycles. The molecule has 0 aliphatic rings. The molecule has 0 rings (SSSR count). The van der Waals surface area contributed by atoms with E-state index in [0.717, 1.165) is 0 Å². The van der Waals surface area contributed by atoms with Gasteiger partial charge in [-0.25, -0.2) is 4.57 Å². The summed E-state index contributed by atoms with van der Waals surface area (Å²) in [6.45, 7) is -0.215. The number of methoxy groups -OCH3 is 2. The highest BCUT2D eigenvalue weighted by molar-refractivity contribution is 7.47. The summed E-state index contributed by atoms with van der Waals surface area (Å²) in [6.07, 6.45) is -0.415. The topological polar surface area (TPSA) is 100 Å². The van der Waals surface area contributed by atoms with Crippen LogP contribution in [0.15, 0.2) is 0 Å². The van der Waals surface area contributed by atoms with Crippen LogP contribution in [0.4, 0.5) is 0 Å². The molecule has 0 saturated heterocycles. The van der Waals surface area contributed by atoms with Crippen LogP contribution in [-0.4, -0.2) is 45.2 Å². The number of nitrogens with two attached hydrogens (primary N) is 1. The lowest BCUT2D eigenvalue weighted by molar-refractivity contribution is -0.00788. The molecular weight excluding hydrogens is 213 g/mol. The lowest BCUT2D eigenvalue weighted by atomic mass is 10.4. The second-order valence-corrected chi connectivity index (χ2v) is 3.83. The highest BCUT2D eigenvalue weighted by Gasteiger charge is 2.22. The van der Waals surface area contributed by atoms with Crippen molar-refractivity contribution in [2.75, 3.05) is 34.2 Å². The molecule has 0 radical (unpaired) electrons. The molecule has 2 atom stereocenters. The molecule has 0 saturated carbocycles. The van der Waals surface area contributed by atoms with Crippen LogP contribution >= 0.6 is 7.82 Å². The van der Waals surface area contributed by atoms with Gasteiger partial charge in [-0.3, -0.25) is 9.05 Å². The van der Waals surface area contributed by atoms with Crippen molar-refractivity contribution in [3.05, 3.63) is 0 Å². The molecule has 14 heavy (non-hydrogen) atoms. The van der Waals surface area contributed by atoms with Gasteiger partial charge in [0.1, 0.15) is 12.8 Å². The molecule has 0 aromatic heterocycles. The van der Waals surface area contributed by atoms with Crippen LogP contribution in [-0.2, 0) is 23.1 Å². The number of hydrogen-bond acceptors (Lipinski definition) is 6. The average Bonchev–Trinajstić information content (AvgIpc) is 2.12. The summed E-state index contributed by atoms with van der Waals surface area (Å²) in [5.74, 6) is 0. The smallest absolute Gasteiger partial charge is 0.382 e. The quantitative estimate of drug-likeness (QED) is 0.435. The summed E-state index contributed by atoms with van der Waals surface area (Å²) in [4.78, 5) is 8.96. The Morgan fingerprint density at radius 3 is 2.43 bits per heavy atom. The van der Waals surface area contributed by atoms with E-state index in [4.69, 9.17) is 20.1 Å². The minimum absolute atomic E-state index is 0.0991. The van der Waals surface area contributed by atoms with Gasteiger partial charge in [-0.05, 0) is 0 Å². The summed E-state index contributed by atoms with van der Waals surface area (Å²) in [7, 11) is -1.11. The first-order valence-corrected chi connectivity index (χ1v) is 5.39. The number of hydrogen-bond donors (Lipinski definition) is 2. The van der Waals surface area contributed by atoms with Gasteiger partial charge in [0.05, 0.1) is 13.2 Å². The minimum Gasteiger partial charge on any atom is -0.382 e. The molecule has 0 fully saturated rings. The van der Waals surface area contributed by atoms with E-state index in [0.29, 0.717) is 0 Å². The van der Waals surface area contributed by atoms with E-state index in [-0.39, 0.29) is 19.9 Å². The lowest BCUT2D eigenvalue weighted by Gasteiger charge is -2.16. The van der Waals surface area contributed by atoms with Crippen LogP contribution in [0.3, 0.4) is 0 Å². The van der Waals surface area contributed by atoms with Gasteiger partial charge in [0.2, 0.25) is 0 Å². The minimum atomic E-state index is -4.04. The standard InChI is InChI=1S/C6H16NO6P/c1-10-3-6(11-2)4-12-14(8,9)13-5-7/h6H,3-5,7H2,1-2H3,(H,8,9). The van der Waals surface area contributed by atoms with Crippen molar-refractivity contribution in [3.63, 3.8) is 0 Å². The maximum Gasteiger partial charge on any atom is 0.473 e. The molecule has 7 nitrogen and oxygen atoms in total. The SMILES string of the molecule is COCC(COP(=O)(O)OCN)OC. The van der Waals surface area contributed by atoms with Crippen LogP contribution in [0.5, 0.6) is 0 Å². The van der Waals surface area contributed by atoms with Crippen molar-refractivity contribution in [1.29, 1.82) is 0 Å². The van der Waals surface area contributed by atoms with Crippen LogP contribution in [0, 0.1) is 0 Å². The Kier molecular flexibility index (Phi) is 7.30. The lowest BCUT2D eigenvalue weighted by Crippen LogP contribution is -2.23. The van der Waals surface area contributed by atoms with Gasteiger partial charge < -0.3 is 20.1 Å². The van der Waals surface area contributed by atoms with Gasteiger partial charge in [0.15, 0.2) is 0 Å². The Morgan fingerprint density at radius 1 is 1.36 bits per heavy atom. The van der Waals surface area contributed by atoms with Gasteiger partial charge >= 0.3 is 7.82 Å². The highest BCUT2D eigenvalue weighted by atomic mass is 31.2. The van der Waals surface area contributed by atoms with Crippen LogP contribution in [0.2, 0.25) is 0 Å². The first kappa shape index (κ1) is 14.0. The van der Waals surface area contributed by atoms with Crippen molar-refractivity contribution in [2.24, 2.45) is 5.73 Å². The predicted octanol–water partition coefficient (Wildman–Crippen LogP) is -0.302. The monoisotopic (exact) mass is 229 g/mol. The predicted molar refractivity (Wildman–Crippen MR) is 48.6 cm³/mol. The Morgan fingerprint density at radius 2 is 2.00 bits per heavy atom. The second-order valence-electron chi connectivity index (χ2n) is 2.37. The molecule has 0 bridgehead atoms. The maximum atomic E-state index is 11.0. The van der Waals surface area contributed by atoms with Gasteiger partial charge in [-0.1, -0.05) is 0 Å². The second kappa shape index (κ2) is 7.30. The van der Waals surface area contributed by atoms with Gasteiger partial charge in [0.25, 0.3) is 0 Å². The number of rotatable bonds is 8. The molecule has 3 N–H and O–H groups in total. The van der Waals surface area contributed by atoms with Gasteiger partial charge in [-0.15, -0.1) is 0 Å². The van der Waals surface area contributed by atoms with Gasteiger partial charge in [0, 0.05) is 14.2 Å². The summed E-state index contributed by atoms with van der Waals surface area (Å²) < 4.78 is 29.5. The van der Waals surface area contributed by atoms with Crippen molar-refractivity contribution in [3.8, 4) is 0 Å². The molecule has 8 heteroatoms. The summed E-state index contributed by atoms with van der Waals surface area (Å²) in [5, 5.41) is 0. The van der Waals surface area contributed by atoms with Crippen molar-refractivity contribution in [1.82, 2.24) is 0 Å². The largest absolute Gasteiger partial charge is 0.473 e. The molecule has 0 aromatic carbocycles. The van der Waals surface area contributed by atoms with E-state index in [1.807, 2.05) is 0 Å². The fraction of sp³-hybridized carbons (Fsp3) is 1.00. The summed E-state index contributed by atoms with van der Waals surface area (Å²) in [5.41, 5.74) is 4.92. The number of ether oxygens (including phenoxy) is 2. The highest BCUT2D eigenvalue weighted by Crippen LogP contribution is 2.42. The zero-order chi connectivity index (χ0) is 11.0. The molecule has 0 aliphatic heterocycles. The fourth-order valence-electron chi connectivity index (χ4n) is 0.679. The van der Waals surface area contributed by atoms with Crippen LogP contribution in [0.25, 0.3) is 0 Å². The third-order valence-corrected chi connectivity index (χ3v) is 2.30. The zero-order valence-corrected chi connectivity index (χ0v) is 9.11. The van der Waals surface area contributed by atoms with Crippen LogP contribution < -0.4 is 5.73 Å². The normalized spacial score (nSPS) is 17.7. The first-order valence-electron chi connectivity index (χ1n) is 3.89. The van der Waals surface area contributed by atoms with E-state index in [1.165, 1.54) is 14.2 Å². The zero-order valence-electron chi connectivity index (χ0n) is 8.21. The molecular formula is C6H16NO6P.